The molecule has 0 aromatic rings. The highest BCUT2D eigenvalue weighted by Gasteiger charge is 2.69. The predicted molar refractivity (Wildman–Crippen MR) is 101 cm³/mol. The van der Waals surface area contributed by atoms with Crippen molar-refractivity contribution in [3.05, 3.63) is 10.4 Å². The average molecular weight is 348 g/mol. The quantitative estimate of drug-likeness (QED) is 0.275. The first-order chi connectivity index (χ1) is 8.62. The van der Waals surface area contributed by atoms with Gasteiger partial charge in [-0.15, -0.1) is 4.78 Å². The standard InChI is InChI=1S/C12H33N3OSi4/c1-16-20(10,11)12(17(2,3)4,18(5,6)7)19(8,9)15-14-13/h1-11H3. The molecule has 0 atom stereocenters. The third-order valence-corrected chi connectivity index (χ3v) is 39.1. The SMILES string of the molecule is CO[Si](C)(C)C([Si](C)(C)C)([Si](C)(C)C)[Si](C)(C)N=[N+]=[N-]. The molecule has 0 rings (SSSR count). The molecule has 0 aliphatic heterocycles. The van der Waals surface area contributed by atoms with Gasteiger partial charge in [0, 0.05) is 23.3 Å². The van der Waals surface area contributed by atoms with Gasteiger partial charge in [-0.2, -0.15) is 0 Å². The molecule has 0 spiro atoms. The molecule has 0 N–H and O–H groups in total. The van der Waals surface area contributed by atoms with Crippen LogP contribution in [0, 0.1) is 0 Å². The predicted octanol–water partition coefficient (Wildman–Crippen LogP) is 5.39. The second-order valence-electron chi connectivity index (χ2n) is 8.71. The molecule has 0 fully saturated rings. The van der Waals surface area contributed by atoms with Gasteiger partial charge in [-0.3, -0.25) is 0 Å². The molecule has 0 radical (unpaired) electrons. The van der Waals surface area contributed by atoms with Crippen LogP contribution in [0.4, 0.5) is 0 Å². The van der Waals surface area contributed by atoms with E-state index in [1.807, 2.05) is 7.11 Å². The summed E-state index contributed by atoms with van der Waals surface area (Å²) >= 11 is 0. The Morgan fingerprint density at radius 3 is 1.40 bits per heavy atom. The Kier molecular flexibility index (Phi) is 5.77. The van der Waals surface area contributed by atoms with Gasteiger partial charge < -0.3 is 4.43 Å². The summed E-state index contributed by atoms with van der Waals surface area (Å²) in [5, 5.41) is 0. The number of nitrogens with zero attached hydrogens (tertiary/aromatic N) is 3. The Labute approximate surface area is 129 Å². The molecule has 20 heavy (non-hydrogen) atoms. The van der Waals surface area contributed by atoms with Crippen molar-refractivity contribution < 1.29 is 4.43 Å². The lowest BCUT2D eigenvalue weighted by molar-refractivity contribution is 0.400. The van der Waals surface area contributed by atoms with Gasteiger partial charge in [0.05, 0.1) is 0 Å². The van der Waals surface area contributed by atoms with Crippen LogP contribution in [0.5, 0.6) is 0 Å². The van der Waals surface area contributed by atoms with Crippen LogP contribution < -0.4 is 0 Å². The van der Waals surface area contributed by atoms with Crippen LogP contribution >= 0.6 is 0 Å². The van der Waals surface area contributed by atoms with E-state index in [1.165, 1.54) is 0 Å². The van der Waals surface area contributed by atoms with Crippen LogP contribution in [-0.2, 0) is 4.43 Å². The minimum Gasteiger partial charge on any atom is -0.421 e. The third-order valence-electron chi connectivity index (χ3n) is 4.88. The van der Waals surface area contributed by atoms with E-state index >= 15 is 0 Å². The highest BCUT2D eigenvalue weighted by Crippen LogP contribution is 2.60. The Hall–Kier alpha value is 0.138. The van der Waals surface area contributed by atoms with Gasteiger partial charge in [0.2, 0.25) is 0 Å². The van der Waals surface area contributed by atoms with Crippen LogP contribution in [0.2, 0.25) is 69.4 Å². The summed E-state index contributed by atoms with van der Waals surface area (Å²) in [6.45, 7) is 23.9. The van der Waals surface area contributed by atoms with Gasteiger partial charge in [-0.1, -0.05) is 52.4 Å². The molecule has 0 saturated carbocycles. The van der Waals surface area contributed by atoms with Crippen molar-refractivity contribution in [1.82, 2.24) is 0 Å². The van der Waals surface area contributed by atoms with Crippen LogP contribution in [-0.4, -0.2) is 39.8 Å². The zero-order chi connectivity index (χ0) is 16.6. The summed E-state index contributed by atoms with van der Waals surface area (Å²) in [6.07, 6.45) is 0. The van der Waals surface area contributed by atoms with E-state index in [1.54, 1.807) is 0 Å². The van der Waals surface area contributed by atoms with E-state index in [0.29, 0.717) is 0 Å². The number of hydrogen-bond acceptors (Lipinski definition) is 2. The average Bonchev–Trinajstić information content (AvgIpc) is 2.11. The van der Waals surface area contributed by atoms with Crippen molar-refractivity contribution in [2.75, 3.05) is 7.11 Å². The van der Waals surface area contributed by atoms with E-state index in [9.17, 15) is 0 Å². The molecule has 0 saturated heterocycles. The third kappa shape index (κ3) is 2.86. The molecule has 0 aliphatic carbocycles. The van der Waals surface area contributed by atoms with Crippen LogP contribution in [0.25, 0.3) is 10.4 Å². The van der Waals surface area contributed by atoms with Crippen molar-refractivity contribution in [1.29, 1.82) is 0 Å². The van der Waals surface area contributed by atoms with Gasteiger partial charge in [0.25, 0.3) is 0 Å². The number of rotatable bonds is 6. The summed E-state index contributed by atoms with van der Waals surface area (Å²) in [5.41, 5.74) is 9.13. The van der Waals surface area contributed by atoms with E-state index in [2.05, 4.69) is 75.2 Å². The van der Waals surface area contributed by atoms with Gasteiger partial charge in [-0.25, -0.2) is 0 Å². The summed E-state index contributed by atoms with van der Waals surface area (Å²) < 4.78 is 10.7. The van der Waals surface area contributed by atoms with E-state index in [4.69, 9.17) is 9.96 Å². The lowest BCUT2D eigenvalue weighted by atomic mass is 11.6. The first-order valence-corrected chi connectivity index (χ1v) is 20.1. The second kappa shape index (κ2) is 5.73. The maximum absolute atomic E-state index is 9.13. The van der Waals surface area contributed by atoms with Gasteiger partial charge >= 0.3 is 0 Å². The fourth-order valence-corrected chi connectivity index (χ4v) is 51.9. The molecule has 118 valence electrons. The van der Waals surface area contributed by atoms with Crippen LogP contribution in [0.1, 0.15) is 0 Å². The summed E-state index contributed by atoms with van der Waals surface area (Å²) in [7, 11) is -5.47. The normalized spacial score (nSPS) is 14.9. The summed E-state index contributed by atoms with van der Waals surface area (Å²) in [4.78, 5) is 3.25. The monoisotopic (exact) mass is 347 g/mol. The molecule has 0 aliphatic rings. The van der Waals surface area contributed by atoms with Gasteiger partial charge in [-0.05, 0) is 27.4 Å². The summed E-state index contributed by atoms with van der Waals surface area (Å²) in [6, 6.07) is 0. The molecule has 0 unspecified atom stereocenters. The molecule has 0 aromatic carbocycles. The van der Waals surface area contributed by atoms with E-state index < -0.39 is 32.7 Å². The molecule has 4 nitrogen and oxygen atoms in total. The van der Waals surface area contributed by atoms with Gasteiger partial charge in [0.1, 0.15) is 8.24 Å². The molecule has 0 heterocycles. The smallest absolute Gasteiger partial charge is 0.184 e. The van der Waals surface area contributed by atoms with Crippen molar-refractivity contribution in [3.8, 4) is 0 Å². The molecule has 0 bridgehead atoms. The molecule has 0 amide bonds. The minimum atomic E-state index is -2.14. The first kappa shape index (κ1) is 20.1. The van der Waals surface area contributed by atoms with E-state index in [-0.39, 0.29) is 3.91 Å². The number of hydrogen-bond donors (Lipinski definition) is 0. The zero-order valence-electron chi connectivity index (χ0n) is 15.2. The van der Waals surface area contributed by atoms with Crippen molar-refractivity contribution in [2.24, 2.45) is 4.78 Å². The van der Waals surface area contributed by atoms with E-state index in [0.717, 1.165) is 0 Å². The first-order valence-electron chi connectivity index (χ1n) is 7.24. The fraction of sp³-hybridized carbons (Fsp3) is 1.00. The molecular formula is C12H33N3OSi4. The summed E-state index contributed by atoms with van der Waals surface area (Å²) in [5.74, 6) is 0. The van der Waals surface area contributed by atoms with Gasteiger partial charge in [0.15, 0.2) is 8.32 Å². The zero-order valence-corrected chi connectivity index (χ0v) is 19.2. The topological polar surface area (TPSA) is 58.0 Å². The fourth-order valence-electron chi connectivity index (χ4n) is 5.84. The Bertz CT molecular complexity index is 390. The van der Waals surface area contributed by atoms with Crippen molar-refractivity contribution >= 4 is 32.7 Å². The largest absolute Gasteiger partial charge is 0.421 e. The molecule has 8 heteroatoms. The Balaban J connectivity index is 6.82. The molecule has 0 aromatic heterocycles. The Morgan fingerprint density at radius 1 is 0.850 bits per heavy atom. The Morgan fingerprint density at radius 2 is 1.20 bits per heavy atom. The minimum absolute atomic E-state index is 0.182. The second-order valence-corrected chi connectivity index (χ2v) is 30.5. The maximum atomic E-state index is 9.13. The lowest BCUT2D eigenvalue weighted by Crippen LogP contribution is -2.76. The number of azide groups is 1. The van der Waals surface area contributed by atoms with Crippen LogP contribution in [0.15, 0.2) is 4.78 Å². The highest BCUT2D eigenvalue weighted by molar-refractivity contribution is 7.28. The lowest BCUT2D eigenvalue weighted by Gasteiger charge is -2.64. The van der Waals surface area contributed by atoms with Crippen molar-refractivity contribution in [3.63, 3.8) is 0 Å². The maximum Gasteiger partial charge on any atom is 0.184 e. The molecular weight excluding hydrogens is 314 g/mol. The highest BCUT2D eigenvalue weighted by atomic mass is 28.5. The van der Waals surface area contributed by atoms with Crippen molar-refractivity contribution in [2.45, 2.75) is 69.4 Å². The van der Waals surface area contributed by atoms with Crippen LogP contribution in [0.3, 0.4) is 0 Å².